The molecule has 2 aromatic rings. The summed E-state index contributed by atoms with van der Waals surface area (Å²) in [6.07, 6.45) is -0.689. The number of nitrogens with zero attached hydrogens (tertiary/aromatic N) is 1. The Labute approximate surface area is 180 Å². The molecule has 1 aliphatic rings. The minimum Gasteiger partial charge on any atom is -0.496 e. The number of rotatable bonds is 6. The van der Waals surface area contributed by atoms with Gasteiger partial charge in [-0.1, -0.05) is 12.1 Å². The summed E-state index contributed by atoms with van der Waals surface area (Å²) in [4.78, 5) is 22.3. The van der Waals surface area contributed by atoms with Crippen molar-refractivity contribution in [2.24, 2.45) is 0 Å². The van der Waals surface area contributed by atoms with Crippen LogP contribution in [0.2, 0.25) is 0 Å². The molecule has 164 valence electrons. The smallest absolute Gasteiger partial charge is 0.494 e. The first-order valence-corrected chi connectivity index (χ1v) is 9.73. The molecular weight excluding hydrogens is 403 g/mol. The molecule has 31 heavy (non-hydrogen) atoms. The van der Waals surface area contributed by atoms with Crippen LogP contribution >= 0.6 is 0 Å². The molecule has 0 spiro atoms. The first-order valence-electron chi connectivity index (χ1n) is 9.73. The van der Waals surface area contributed by atoms with Crippen molar-refractivity contribution in [3.63, 3.8) is 0 Å². The van der Waals surface area contributed by atoms with Crippen molar-refractivity contribution in [3.8, 4) is 5.75 Å². The lowest BCUT2D eigenvalue weighted by atomic mass is 9.78. The second kappa shape index (κ2) is 8.56. The van der Waals surface area contributed by atoms with E-state index >= 15 is 0 Å². The summed E-state index contributed by atoms with van der Waals surface area (Å²) in [5.74, 6) is 0.537. The SMILES string of the molecule is COc1cc(B2OC(C)(C)C(C)(C)O2)ccc1COC(=O)Nc1ccc([N+](=O)[O-])cc1. The van der Waals surface area contributed by atoms with Crippen LogP contribution in [0.1, 0.15) is 33.3 Å². The van der Waals surface area contributed by atoms with Gasteiger partial charge in [-0.05, 0) is 51.4 Å². The number of methoxy groups -OCH3 is 1. The van der Waals surface area contributed by atoms with Gasteiger partial charge in [-0.2, -0.15) is 0 Å². The second-order valence-electron chi connectivity index (χ2n) is 8.16. The monoisotopic (exact) mass is 428 g/mol. The fourth-order valence-electron chi connectivity index (χ4n) is 2.97. The Balaban J connectivity index is 1.63. The number of hydrogen-bond donors (Lipinski definition) is 1. The van der Waals surface area contributed by atoms with E-state index < -0.39 is 29.3 Å². The zero-order valence-corrected chi connectivity index (χ0v) is 18.1. The first kappa shape index (κ1) is 22.6. The van der Waals surface area contributed by atoms with Crippen LogP contribution in [0, 0.1) is 10.1 Å². The molecule has 1 fully saturated rings. The van der Waals surface area contributed by atoms with Gasteiger partial charge in [0.25, 0.3) is 5.69 Å². The molecule has 1 N–H and O–H groups in total. The van der Waals surface area contributed by atoms with Crippen LogP contribution in [-0.4, -0.2) is 36.4 Å². The summed E-state index contributed by atoms with van der Waals surface area (Å²) in [7, 11) is 1.00. The number of anilines is 1. The molecule has 0 saturated carbocycles. The molecule has 10 heteroatoms. The van der Waals surface area contributed by atoms with E-state index in [1.807, 2.05) is 33.8 Å². The topological polar surface area (TPSA) is 109 Å². The van der Waals surface area contributed by atoms with Crippen molar-refractivity contribution in [3.05, 3.63) is 58.1 Å². The number of non-ortho nitro benzene ring substituents is 1. The summed E-state index contributed by atoms with van der Waals surface area (Å²) in [5.41, 5.74) is 0.881. The predicted molar refractivity (Wildman–Crippen MR) is 116 cm³/mol. The Hall–Kier alpha value is -3.11. The Morgan fingerprint density at radius 2 is 1.71 bits per heavy atom. The maximum atomic E-state index is 12.1. The number of nitro benzene ring substituents is 1. The van der Waals surface area contributed by atoms with Crippen molar-refractivity contribution in [2.75, 3.05) is 12.4 Å². The van der Waals surface area contributed by atoms with Crippen LogP contribution in [0.4, 0.5) is 16.2 Å². The maximum Gasteiger partial charge on any atom is 0.494 e. The lowest BCUT2D eigenvalue weighted by molar-refractivity contribution is -0.384. The number of nitro groups is 1. The number of ether oxygens (including phenoxy) is 2. The van der Waals surface area contributed by atoms with Crippen molar-refractivity contribution in [1.82, 2.24) is 0 Å². The van der Waals surface area contributed by atoms with Crippen molar-refractivity contribution in [2.45, 2.75) is 45.5 Å². The standard InChI is InChI=1S/C21H25BN2O7/c1-20(2)21(3,4)31-22(30-20)15-7-6-14(18(12-15)28-5)13-29-19(25)23-16-8-10-17(11-9-16)24(26)27/h6-12H,13H2,1-5H3,(H,23,25). The van der Waals surface area contributed by atoms with Crippen LogP contribution in [0.25, 0.3) is 0 Å². The molecule has 1 amide bonds. The number of nitrogens with one attached hydrogen (secondary N) is 1. The Morgan fingerprint density at radius 1 is 1.10 bits per heavy atom. The van der Waals surface area contributed by atoms with Crippen LogP contribution in [-0.2, 0) is 20.7 Å². The molecular formula is C21H25BN2O7. The lowest BCUT2D eigenvalue weighted by Crippen LogP contribution is -2.41. The molecule has 1 heterocycles. The van der Waals surface area contributed by atoms with E-state index in [1.165, 1.54) is 31.4 Å². The molecule has 1 saturated heterocycles. The number of amides is 1. The first-order chi connectivity index (χ1) is 14.5. The molecule has 1 aliphatic heterocycles. The molecule has 0 aliphatic carbocycles. The van der Waals surface area contributed by atoms with E-state index in [9.17, 15) is 14.9 Å². The van der Waals surface area contributed by atoms with E-state index in [4.69, 9.17) is 18.8 Å². The molecule has 2 aromatic carbocycles. The average Bonchev–Trinajstić information content (AvgIpc) is 2.93. The van der Waals surface area contributed by atoms with Crippen LogP contribution in [0.3, 0.4) is 0 Å². The van der Waals surface area contributed by atoms with Gasteiger partial charge in [0.05, 0.1) is 23.2 Å². The third kappa shape index (κ3) is 4.97. The molecule has 0 aromatic heterocycles. The highest BCUT2D eigenvalue weighted by atomic mass is 16.7. The molecule has 0 radical (unpaired) electrons. The number of carbonyl (C=O) groups excluding carboxylic acids is 1. The van der Waals surface area contributed by atoms with Gasteiger partial charge >= 0.3 is 13.2 Å². The quantitative estimate of drug-likeness (QED) is 0.425. The van der Waals surface area contributed by atoms with Gasteiger partial charge in [0.1, 0.15) is 12.4 Å². The highest BCUT2D eigenvalue weighted by Gasteiger charge is 2.51. The fraction of sp³-hybridized carbons (Fsp3) is 0.381. The highest BCUT2D eigenvalue weighted by Crippen LogP contribution is 2.36. The summed E-state index contributed by atoms with van der Waals surface area (Å²) < 4.78 is 22.8. The summed E-state index contributed by atoms with van der Waals surface area (Å²) in [6.45, 7) is 7.91. The van der Waals surface area contributed by atoms with Gasteiger partial charge in [-0.25, -0.2) is 4.79 Å². The summed E-state index contributed by atoms with van der Waals surface area (Å²) in [6, 6.07) is 10.9. The number of hydrogen-bond acceptors (Lipinski definition) is 7. The van der Waals surface area contributed by atoms with Gasteiger partial charge in [0.15, 0.2) is 0 Å². The maximum absolute atomic E-state index is 12.1. The molecule has 0 unspecified atom stereocenters. The Bertz CT molecular complexity index is 960. The van der Waals surface area contributed by atoms with Crippen molar-refractivity contribution < 1.29 is 28.5 Å². The zero-order chi connectivity index (χ0) is 22.8. The van der Waals surface area contributed by atoms with Gasteiger partial charge in [0.2, 0.25) is 0 Å². The average molecular weight is 428 g/mol. The van der Waals surface area contributed by atoms with Crippen LogP contribution < -0.4 is 15.5 Å². The Morgan fingerprint density at radius 3 is 2.26 bits per heavy atom. The minimum atomic E-state index is -0.689. The molecule has 0 atom stereocenters. The predicted octanol–water partition coefficient (Wildman–Crippen LogP) is 3.65. The van der Waals surface area contributed by atoms with Gasteiger partial charge < -0.3 is 18.8 Å². The zero-order valence-electron chi connectivity index (χ0n) is 18.1. The van der Waals surface area contributed by atoms with Crippen molar-refractivity contribution in [1.29, 1.82) is 0 Å². The summed E-state index contributed by atoms with van der Waals surface area (Å²) in [5, 5.41) is 13.2. The van der Waals surface area contributed by atoms with E-state index in [0.29, 0.717) is 17.0 Å². The van der Waals surface area contributed by atoms with Gasteiger partial charge in [-0.15, -0.1) is 0 Å². The normalized spacial score (nSPS) is 16.6. The molecule has 9 nitrogen and oxygen atoms in total. The summed E-state index contributed by atoms with van der Waals surface area (Å²) >= 11 is 0. The molecule has 0 bridgehead atoms. The lowest BCUT2D eigenvalue weighted by Gasteiger charge is -2.32. The van der Waals surface area contributed by atoms with Crippen LogP contribution in [0.15, 0.2) is 42.5 Å². The highest BCUT2D eigenvalue weighted by molar-refractivity contribution is 6.62. The fourth-order valence-corrected chi connectivity index (χ4v) is 2.97. The molecule has 3 rings (SSSR count). The Kier molecular flexibility index (Phi) is 6.24. The van der Waals surface area contributed by atoms with Crippen LogP contribution in [0.5, 0.6) is 5.75 Å². The van der Waals surface area contributed by atoms with E-state index in [0.717, 1.165) is 5.46 Å². The second-order valence-corrected chi connectivity index (χ2v) is 8.16. The van der Waals surface area contributed by atoms with E-state index in [2.05, 4.69) is 5.32 Å². The van der Waals surface area contributed by atoms with Crippen molar-refractivity contribution >= 4 is 30.0 Å². The third-order valence-corrected chi connectivity index (χ3v) is 5.52. The minimum absolute atomic E-state index is 0.0222. The third-order valence-electron chi connectivity index (χ3n) is 5.52. The van der Waals surface area contributed by atoms with E-state index in [1.54, 1.807) is 12.1 Å². The van der Waals surface area contributed by atoms with Gasteiger partial charge in [0, 0.05) is 23.4 Å². The number of carbonyl (C=O) groups is 1. The number of benzene rings is 2. The van der Waals surface area contributed by atoms with Gasteiger partial charge in [-0.3, -0.25) is 15.4 Å². The van der Waals surface area contributed by atoms with E-state index in [-0.39, 0.29) is 12.3 Å². The largest absolute Gasteiger partial charge is 0.496 e.